The van der Waals surface area contributed by atoms with Gasteiger partial charge in [-0.1, -0.05) is 4.85 Å². The average molecular weight is 184 g/mol. The summed E-state index contributed by atoms with van der Waals surface area (Å²) < 4.78 is 0.505. The standard InChI is InChI=1S/C5H4N4O2S/c6-4(10)2-3-5(7-1-12-3)9(11)8-2/h1,11H,(H2,6,10). The van der Waals surface area contributed by atoms with Crippen LogP contribution in [0.15, 0.2) is 5.51 Å². The molecule has 62 valence electrons. The summed E-state index contributed by atoms with van der Waals surface area (Å²) in [6, 6.07) is 0. The zero-order chi connectivity index (χ0) is 8.72. The number of amides is 1. The van der Waals surface area contributed by atoms with Gasteiger partial charge in [-0.2, -0.15) is 0 Å². The van der Waals surface area contributed by atoms with E-state index < -0.39 is 5.91 Å². The lowest BCUT2D eigenvalue weighted by atomic mass is 10.4. The zero-order valence-corrected chi connectivity index (χ0v) is 6.58. The Morgan fingerprint density at radius 1 is 1.75 bits per heavy atom. The molecule has 0 unspecified atom stereocenters. The third kappa shape index (κ3) is 0.766. The lowest BCUT2D eigenvalue weighted by Crippen LogP contribution is -2.12. The van der Waals surface area contributed by atoms with Crippen LogP contribution >= 0.6 is 11.3 Å². The summed E-state index contributed by atoms with van der Waals surface area (Å²) in [7, 11) is 0. The van der Waals surface area contributed by atoms with Gasteiger partial charge in [0.1, 0.15) is 4.70 Å². The normalized spacial score (nSPS) is 10.7. The number of carbonyl (C=O) groups excluding carboxylic acids is 1. The van der Waals surface area contributed by atoms with Crippen molar-refractivity contribution in [2.45, 2.75) is 0 Å². The summed E-state index contributed by atoms with van der Waals surface area (Å²) in [6.07, 6.45) is 0. The van der Waals surface area contributed by atoms with Crippen molar-refractivity contribution in [2.24, 2.45) is 5.73 Å². The third-order valence-electron chi connectivity index (χ3n) is 1.38. The van der Waals surface area contributed by atoms with Crippen LogP contribution in [0.4, 0.5) is 0 Å². The van der Waals surface area contributed by atoms with Crippen LogP contribution in [0.3, 0.4) is 0 Å². The Morgan fingerprint density at radius 2 is 2.50 bits per heavy atom. The molecular formula is C5H4N4O2S. The highest BCUT2D eigenvalue weighted by molar-refractivity contribution is 7.17. The SMILES string of the molecule is NC(=O)c1nn(O)c2ncsc12. The molecule has 6 nitrogen and oxygen atoms in total. The van der Waals surface area contributed by atoms with Gasteiger partial charge in [-0.3, -0.25) is 4.79 Å². The fraction of sp³-hybridized carbons (Fsp3) is 0. The molecule has 0 spiro atoms. The largest absolute Gasteiger partial charge is 0.410 e. The van der Waals surface area contributed by atoms with E-state index in [0.29, 0.717) is 9.55 Å². The summed E-state index contributed by atoms with van der Waals surface area (Å²) in [4.78, 5) is 15.1. The molecule has 0 saturated carbocycles. The van der Waals surface area contributed by atoms with Crippen LogP contribution in [0.2, 0.25) is 0 Å². The second-order valence-electron chi connectivity index (χ2n) is 2.11. The number of thiazole rings is 1. The molecule has 2 aromatic rings. The Kier molecular flexibility index (Phi) is 1.28. The third-order valence-corrected chi connectivity index (χ3v) is 2.20. The van der Waals surface area contributed by atoms with Crippen molar-refractivity contribution in [3.8, 4) is 0 Å². The number of aromatic nitrogens is 3. The van der Waals surface area contributed by atoms with Crippen LogP contribution in [0.5, 0.6) is 0 Å². The highest BCUT2D eigenvalue weighted by atomic mass is 32.1. The number of fused-ring (bicyclic) bond motifs is 1. The van der Waals surface area contributed by atoms with Gasteiger partial charge in [0.2, 0.25) is 5.65 Å². The van der Waals surface area contributed by atoms with Crippen molar-refractivity contribution < 1.29 is 10.0 Å². The van der Waals surface area contributed by atoms with E-state index in [1.807, 2.05) is 0 Å². The highest BCUT2D eigenvalue weighted by Gasteiger charge is 2.16. The minimum Gasteiger partial charge on any atom is -0.410 e. The molecule has 0 atom stereocenters. The molecule has 2 aromatic heterocycles. The first kappa shape index (κ1) is 7.04. The van der Waals surface area contributed by atoms with Crippen LogP contribution in [0.25, 0.3) is 10.3 Å². The van der Waals surface area contributed by atoms with Gasteiger partial charge in [-0.05, 0) is 0 Å². The first-order chi connectivity index (χ1) is 5.70. The van der Waals surface area contributed by atoms with E-state index >= 15 is 0 Å². The fourth-order valence-corrected chi connectivity index (χ4v) is 1.64. The molecule has 12 heavy (non-hydrogen) atoms. The van der Waals surface area contributed by atoms with Gasteiger partial charge in [-0.25, -0.2) is 4.98 Å². The van der Waals surface area contributed by atoms with Crippen LogP contribution in [-0.2, 0) is 0 Å². The summed E-state index contributed by atoms with van der Waals surface area (Å²) >= 11 is 1.21. The molecule has 2 rings (SSSR count). The summed E-state index contributed by atoms with van der Waals surface area (Å²) in [5.74, 6) is -0.669. The second-order valence-corrected chi connectivity index (χ2v) is 2.96. The molecule has 0 radical (unpaired) electrons. The van der Waals surface area contributed by atoms with Gasteiger partial charge < -0.3 is 10.9 Å². The van der Waals surface area contributed by atoms with Crippen molar-refractivity contribution >= 4 is 27.6 Å². The summed E-state index contributed by atoms with van der Waals surface area (Å²) in [6.45, 7) is 0. The predicted molar refractivity (Wildman–Crippen MR) is 41.1 cm³/mol. The topological polar surface area (TPSA) is 94.0 Å². The molecule has 0 fully saturated rings. The highest BCUT2D eigenvalue weighted by Crippen LogP contribution is 2.20. The molecule has 1 amide bonds. The Balaban J connectivity index is 2.83. The predicted octanol–water partition coefficient (Wildman–Crippen LogP) is -0.171. The van der Waals surface area contributed by atoms with Gasteiger partial charge in [-0.15, -0.1) is 16.4 Å². The van der Waals surface area contributed by atoms with Crippen molar-refractivity contribution in [1.29, 1.82) is 0 Å². The van der Waals surface area contributed by atoms with E-state index in [0.717, 1.165) is 0 Å². The molecule has 7 heteroatoms. The van der Waals surface area contributed by atoms with Crippen molar-refractivity contribution in [3.63, 3.8) is 0 Å². The number of hydrogen-bond acceptors (Lipinski definition) is 5. The zero-order valence-electron chi connectivity index (χ0n) is 5.76. The Morgan fingerprint density at radius 3 is 3.17 bits per heavy atom. The van der Waals surface area contributed by atoms with Crippen LogP contribution in [0, 0.1) is 0 Å². The maximum Gasteiger partial charge on any atom is 0.270 e. The summed E-state index contributed by atoms with van der Waals surface area (Å²) in [5, 5.41) is 12.6. The van der Waals surface area contributed by atoms with Crippen molar-refractivity contribution in [3.05, 3.63) is 11.2 Å². The molecule has 0 aliphatic rings. The minimum absolute atomic E-state index is 0.0509. The van der Waals surface area contributed by atoms with Crippen molar-refractivity contribution in [2.75, 3.05) is 0 Å². The Bertz CT molecular complexity index is 445. The number of nitrogens with two attached hydrogens (primary N) is 1. The molecule has 2 heterocycles. The van der Waals surface area contributed by atoms with Gasteiger partial charge >= 0.3 is 0 Å². The lowest BCUT2D eigenvalue weighted by molar-refractivity contribution is 0.0984. The number of primary amides is 1. The second kappa shape index (κ2) is 2.18. The maximum absolute atomic E-state index is 10.7. The Hall–Kier alpha value is -1.63. The monoisotopic (exact) mass is 184 g/mol. The Labute approximate surface area is 70.2 Å². The minimum atomic E-state index is -0.669. The van der Waals surface area contributed by atoms with Gasteiger partial charge in [0, 0.05) is 0 Å². The molecular weight excluding hydrogens is 180 g/mol. The number of carbonyl (C=O) groups is 1. The van der Waals surface area contributed by atoms with E-state index in [1.54, 1.807) is 0 Å². The van der Waals surface area contributed by atoms with Crippen LogP contribution in [0.1, 0.15) is 10.5 Å². The van der Waals surface area contributed by atoms with Gasteiger partial charge in [0.25, 0.3) is 5.91 Å². The molecule has 0 aromatic carbocycles. The quantitative estimate of drug-likeness (QED) is 0.601. The number of rotatable bonds is 1. The van der Waals surface area contributed by atoms with E-state index in [9.17, 15) is 4.79 Å². The van der Waals surface area contributed by atoms with Gasteiger partial charge in [0.05, 0.1) is 5.51 Å². The van der Waals surface area contributed by atoms with E-state index in [-0.39, 0.29) is 11.3 Å². The molecule has 0 bridgehead atoms. The number of nitrogens with zero attached hydrogens (tertiary/aromatic N) is 3. The first-order valence-electron chi connectivity index (χ1n) is 3.01. The van der Waals surface area contributed by atoms with Gasteiger partial charge in [0.15, 0.2) is 5.69 Å². The summed E-state index contributed by atoms with van der Waals surface area (Å²) in [5.41, 5.74) is 6.82. The molecule has 0 saturated heterocycles. The van der Waals surface area contributed by atoms with E-state index in [4.69, 9.17) is 10.9 Å². The first-order valence-corrected chi connectivity index (χ1v) is 3.89. The maximum atomic E-state index is 10.7. The average Bonchev–Trinajstić information content (AvgIpc) is 2.53. The van der Waals surface area contributed by atoms with E-state index in [2.05, 4.69) is 10.1 Å². The molecule has 3 N–H and O–H groups in total. The van der Waals surface area contributed by atoms with Crippen LogP contribution < -0.4 is 5.73 Å². The number of hydrogen-bond donors (Lipinski definition) is 2. The van der Waals surface area contributed by atoms with Crippen molar-refractivity contribution in [1.82, 2.24) is 14.9 Å². The molecule has 0 aliphatic carbocycles. The lowest BCUT2D eigenvalue weighted by Gasteiger charge is -1.84. The molecule has 0 aliphatic heterocycles. The fourth-order valence-electron chi connectivity index (χ4n) is 0.893. The van der Waals surface area contributed by atoms with Crippen LogP contribution in [-0.4, -0.2) is 26.0 Å². The van der Waals surface area contributed by atoms with E-state index in [1.165, 1.54) is 16.8 Å². The smallest absolute Gasteiger partial charge is 0.270 e.